The summed E-state index contributed by atoms with van der Waals surface area (Å²) in [5, 5.41) is 3.61. The molecular weight excluding hydrogens is 260 g/mol. The second kappa shape index (κ2) is 6.32. The second-order valence-corrected chi connectivity index (χ2v) is 6.62. The number of nitrogens with two attached hydrogens (primary N) is 1. The van der Waals surface area contributed by atoms with Gasteiger partial charge in [0.05, 0.1) is 0 Å². The van der Waals surface area contributed by atoms with E-state index >= 15 is 0 Å². The summed E-state index contributed by atoms with van der Waals surface area (Å²) in [5.74, 6) is 0. The van der Waals surface area contributed by atoms with E-state index in [1.807, 2.05) is 12.3 Å². The summed E-state index contributed by atoms with van der Waals surface area (Å²) in [6.45, 7) is 2.53. The van der Waals surface area contributed by atoms with E-state index in [2.05, 4.69) is 22.2 Å². The molecule has 3 rings (SSSR count). The van der Waals surface area contributed by atoms with Gasteiger partial charge in [0.1, 0.15) is 0 Å². The molecule has 0 radical (unpaired) electrons. The highest BCUT2D eigenvalue weighted by Crippen LogP contribution is 2.41. The minimum atomic E-state index is 0.327. The second-order valence-electron chi connectivity index (χ2n) is 6.62. The van der Waals surface area contributed by atoms with Crippen molar-refractivity contribution in [3.05, 3.63) is 24.0 Å². The van der Waals surface area contributed by atoms with Gasteiger partial charge in [-0.05, 0) is 63.9 Å². The molecule has 0 bridgehead atoms. The van der Waals surface area contributed by atoms with Gasteiger partial charge in [-0.2, -0.15) is 0 Å². The van der Waals surface area contributed by atoms with Gasteiger partial charge in [0.2, 0.25) is 0 Å². The van der Waals surface area contributed by atoms with Gasteiger partial charge in [0, 0.05) is 29.7 Å². The number of hydrogen-bond acceptors (Lipinski definition) is 4. The predicted molar refractivity (Wildman–Crippen MR) is 87.2 cm³/mol. The molecule has 1 atom stereocenters. The zero-order valence-corrected chi connectivity index (χ0v) is 13.1. The van der Waals surface area contributed by atoms with Crippen LogP contribution >= 0.6 is 0 Å². The molecule has 4 heteroatoms. The Labute approximate surface area is 128 Å². The van der Waals surface area contributed by atoms with Crippen molar-refractivity contribution < 1.29 is 0 Å². The molecule has 1 aliphatic heterocycles. The monoisotopic (exact) mass is 288 g/mol. The van der Waals surface area contributed by atoms with E-state index in [0.29, 0.717) is 11.6 Å². The molecule has 1 aliphatic carbocycles. The van der Waals surface area contributed by atoms with Crippen molar-refractivity contribution in [2.45, 2.75) is 56.5 Å². The van der Waals surface area contributed by atoms with Crippen LogP contribution in [0.2, 0.25) is 0 Å². The van der Waals surface area contributed by atoms with E-state index in [1.54, 1.807) is 6.20 Å². The first kappa shape index (κ1) is 14.8. The van der Waals surface area contributed by atoms with Crippen LogP contribution in [0.5, 0.6) is 0 Å². The lowest BCUT2D eigenvalue weighted by molar-refractivity contribution is 0.0798. The van der Waals surface area contributed by atoms with Gasteiger partial charge < -0.3 is 11.1 Å². The molecule has 1 aromatic heterocycles. The molecule has 1 unspecified atom stereocenters. The zero-order chi connectivity index (χ0) is 14.7. The lowest BCUT2D eigenvalue weighted by Gasteiger charge is -2.45. The van der Waals surface area contributed by atoms with Gasteiger partial charge in [-0.1, -0.05) is 12.8 Å². The Morgan fingerprint density at radius 2 is 2.00 bits per heavy atom. The van der Waals surface area contributed by atoms with E-state index in [-0.39, 0.29) is 0 Å². The van der Waals surface area contributed by atoms with Crippen molar-refractivity contribution in [1.82, 2.24) is 15.2 Å². The van der Waals surface area contributed by atoms with Crippen molar-refractivity contribution in [3.8, 4) is 0 Å². The summed E-state index contributed by atoms with van der Waals surface area (Å²) in [5.41, 5.74) is 8.52. The fourth-order valence-electron chi connectivity index (χ4n) is 4.42. The molecule has 0 spiro atoms. The topological polar surface area (TPSA) is 54.2 Å². The summed E-state index contributed by atoms with van der Waals surface area (Å²) < 4.78 is 0. The Morgan fingerprint density at radius 3 is 2.62 bits per heavy atom. The van der Waals surface area contributed by atoms with Crippen LogP contribution in [0.1, 0.15) is 44.1 Å². The average Bonchev–Trinajstić information content (AvgIpc) is 3.18. The molecular formula is C17H28N4. The first-order valence-corrected chi connectivity index (χ1v) is 8.37. The summed E-state index contributed by atoms with van der Waals surface area (Å²) in [7, 11) is 2.10. The number of rotatable bonds is 5. The molecule has 3 N–H and O–H groups in total. The van der Waals surface area contributed by atoms with E-state index in [0.717, 1.165) is 12.1 Å². The number of likely N-dealkylation sites (N-methyl/N-ethyl adjacent to an activating group) is 1. The molecule has 21 heavy (non-hydrogen) atoms. The number of likely N-dealkylation sites (tertiary alicyclic amines) is 1. The van der Waals surface area contributed by atoms with E-state index < -0.39 is 0 Å². The van der Waals surface area contributed by atoms with Crippen LogP contribution in [-0.2, 0) is 6.42 Å². The molecule has 1 saturated heterocycles. The Hall–Kier alpha value is -1.13. The molecule has 0 amide bonds. The van der Waals surface area contributed by atoms with Crippen LogP contribution in [0, 0.1) is 0 Å². The Kier molecular flexibility index (Phi) is 4.45. The highest BCUT2D eigenvalue weighted by Gasteiger charge is 2.46. The third-order valence-corrected chi connectivity index (χ3v) is 5.57. The maximum absolute atomic E-state index is 6.14. The predicted octanol–water partition coefficient (Wildman–Crippen LogP) is 2.20. The van der Waals surface area contributed by atoms with E-state index in [4.69, 9.17) is 5.73 Å². The minimum absolute atomic E-state index is 0.327. The third kappa shape index (κ3) is 2.79. The van der Waals surface area contributed by atoms with Gasteiger partial charge >= 0.3 is 0 Å². The molecule has 1 aromatic rings. The van der Waals surface area contributed by atoms with Gasteiger partial charge in [0.15, 0.2) is 0 Å². The number of aromatic nitrogens is 1. The smallest absolute Gasteiger partial charge is 0.0378 e. The number of nitrogens with zero attached hydrogens (tertiary/aromatic N) is 2. The van der Waals surface area contributed by atoms with Crippen LogP contribution in [0.15, 0.2) is 18.5 Å². The maximum Gasteiger partial charge on any atom is 0.0378 e. The zero-order valence-electron chi connectivity index (χ0n) is 13.1. The summed E-state index contributed by atoms with van der Waals surface area (Å²) in [6, 6.07) is 2.38. The maximum atomic E-state index is 6.14. The Balaban J connectivity index is 1.84. The lowest BCUT2D eigenvalue weighted by atomic mass is 9.82. The number of hydrogen-bond donors (Lipinski definition) is 2. The fourth-order valence-corrected chi connectivity index (χ4v) is 4.42. The standard InChI is InChI=1S/C17H28N4/c1-19-16(12-14-13-20-9-6-15(14)18)17(7-2-3-8-17)21-10-4-5-11-21/h6,9,13,16,19H,2-5,7-8,10-12H2,1H3,(H2,18,20). The normalized spacial score (nSPS) is 23.5. The van der Waals surface area contributed by atoms with Crippen LogP contribution < -0.4 is 11.1 Å². The van der Waals surface area contributed by atoms with E-state index in [1.165, 1.54) is 57.2 Å². The van der Waals surface area contributed by atoms with E-state index in [9.17, 15) is 0 Å². The highest BCUT2D eigenvalue weighted by molar-refractivity contribution is 5.45. The van der Waals surface area contributed by atoms with Crippen LogP contribution in [0.25, 0.3) is 0 Å². The van der Waals surface area contributed by atoms with Crippen molar-refractivity contribution in [2.75, 3.05) is 25.9 Å². The average molecular weight is 288 g/mol. The SMILES string of the molecule is CNC(Cc1cnccc1N)C1(N2CCCC2)CCCC1. The number of nitrogen functional groups attached to an aromatic ring is 1. The van der Waals surface area contributed by atoms with Gasteiger partial charge in [-0.25, -0.2) is 0 Å². The molecule has 2 aliphatic rings. The number of pyridine rings is 1. The van der Waals surface area contributed by atoms with Gasteiger partial charge in [-0.15, -0.1) is 0 Å². The Morgan fingerprint density at radius 1 is 1.29 bits per heavy atom. The molecule has 116 valence electrons. The summed E-state index contributed by atoms with van der Waals surface area (Å²) >= 11 is 0. The van der Waals surface area contributed by atoms with Crippen molar-refractivity contribution in [3.63, 3.8) is 0 Å². The lowest BCUT2D eigenvalue weighted by Crippen LogP contribution is -2.59. The molecule has 2 heterocycles. The van der Waals surface area contributed by atoms with Crippen LogP contribution in [-0.4, -0.2) is 41.6 Å². The molecule has 4 nitrogen and oxygen atoms in total. The minimum Gasteiger partial charge on any atom is -0.398 e. The van der Waals surface area contributed by atoms with Crippen LogP contribution in [0.4, 0.5) is 5.69 Å². The summed E-state index contributed by atoms with van der Waals surface area (Å²) in [4.78, 5) is 7.02. The van der Waals surface area contributed by atoms with Crippen LogP contribution in [0.3, 0.4) is 0 Å². The first-order valence-electron chi connectivity index (χ1n) is 8.37. The highest BCUT2D eigenvalue weighted by atomic mass is 15.2. The van der Waals surface area contributed by atoms with Crippen molar-refractivity contribution in [1.29, 1.82) is 0 Å². The van der Waals surface area contributed by atoms with Crippen molar-refractivity contribution in [2.24, 2.45) is 0 Å². The van der Waals surface area contributed by atoms with Crippen molar-refractivity contribution >= 4 is 5.69 Å². The quantitative estimate of drug-likeness (QED) is 0.872. The third-order valence-electron chi connectivity index (χ3n) is 5.57. The first-order chi connectivity index (χ1) is 10.3. The number of anilines is 1. The molecule has 2 fully saturated rings. The summed E-state index contributed by atoms with van der Waals surface area (Å²) in [6.07, 6.45) is 12.8. The largest absolute Gasteiger partial charge is 0.398 e. The number of nitrogens with one attached hydrogen (secondary N) is 1. The van der Waals surface area contributed by atoms with Gasteiger partial charge in [0.25, 0.3) is 0 Å². The fraction of sp³-hybridized carbons (Fsp3) is 0.706. The molecule has 0 aromatic carbocycles. The van der Waals surface area contributed by atoms with Gasteiger partial charge in [-0.3, -0.25) is 9.88 Å². The Bertz CT molecular complexity index is 462. The molecule has 1 saturated carbocycles.